The number of rotatable bonds is 4. The Morgan fingerprint density at radius 2 is 2.18 bits per heavy atom. The van der Waals surface area contributed by atoms with E-state index in [-0.39, 0.29) is 0 Å². The Kier molecular flexibility index (Phi) is 4.55. The van der Waals surface area contributed by atoms with Gasteiger partial charge in [0.2, 0.25) is 0 Å². The van der Waals surface area contributed by atoms with Gasteiger partial charge in [0, 0.05) is 63.6 Å². The molecule has 0 bridgehead atoms. The van der Waals surface area contributed by atoms with E-state index in [9.17, 15) is 0 Å². The van der Waals surface area contributed by atoms with Gasteiger partial charge in [-0.2, -0.15) is 0 Å². The van der Waals surface area contributed by atoms with Gasteiger partial charge in [-0.05, 0) is 25.5 Å². The Morgan fingerprint density at radius 3 is 2.82 bits per heavy atom. The number of aromatic nitrogens is 3. The largest absolute Gasteiger partial charge is 0.337 e. The minimum atomic E-state index is 0.423. The van der Waals surface area contributed by atoms with Crippen LogP contribution in [0.15, 0.2) is 36.9 Å². The van der Waals surface area contributed by atoms with Crippen LogP contribution < -0.4 is 0 Å². The van der Waals surface area contributed by atoms with Crippen LogP contribution in [0.25, 0.3) is 0 Å². The van der Waals surface area contributed by atoms with Crippen molar-refractivity contribution in [3.8, 4) is 0 Å². The highest BCUT2D eigenvalue weighted by Gasteiger charge is 2.27. The number of pyridine rings is 1. The molecule has 0 saturated carbocycles. The summed E-state index contributed by atoms with van der Waals surface area (Å²) in [6, 6.07) is 5.14. The molecule has 1 aliphatic heterocycles. The van der Waals surface area contributed by atoms with E-state index >= 15 is 0 Å². The first-order valence-electron chi connectivity index (χ1n) is 7.99. The summed E-state index contributed by atoms with van der Waals surface area (Å²) < 4.78 is 2.11. The SMILES string of the molecule is C[C@@H]1CN([C@@H](C)c2cccnc2)CCN1Cc1nccn1C. The van der Waals surface area contributed by atoms with Crippen LogP contribution in [0.2, 0.25) is 0 Å². The third-order valence-electron chi connectivity index (χ3n) is 4.78. The molecule has 0 aromatic carbocycles. The maximum atomic E-state index is 4.45. The molecule has 0 unspecified atom stereocenters. The third-order valence-corrected chi connectivity index (χ3v) is 4.78. The number of hydrogen-bond donors (Lipinski definition) is 0. The first kappa shape index (κ1) is 15.2. The summed E-state index contributed by atoms with van der Waals surface area (Å²) in [6.45, 7) is 8.77. The zero-order valence-electron chi connectivity index (χ0n) is 13.7. The van der Waals surface area contributed by atoms with E-state index in [0.29, 0.717) is 12.1 Å². The van der Waals surface area contributed by atoms with Crippen LogP contribution in [0.4, 0.5) is 0 Å². The molecule has 1 fully saturated rings. The van der Waals surface area contributed by atoms with E-state index < -0.39 is 0 Å². The minimum absolute atomic E-state index is 0.423. The van der Waals surface area contributed by atoms with Gasteiger partial charge in [0.1, 0.15) is 5.82 Å². The molecule has 5 heteroatoms. The first-order valence-corrected chi connectivity index (χ1v) is 7.99. The second-order valence-corrected chi connectivity index (χ2v) is 6.23. The lowest BCUT2D eigenvalue weighted by Gasteiger charge is -2.42. The summed E-state index contributed by atoms with van der Waals surface area (Å²) in [6.07, 6.45) is 7.71. The van der Waals surface area contributed by atoms with Crippen molar-refractivity contribution >= 4 is 0 Å². The van der Waals surface area contributed by atoms with Crippen molar-refractivity contribution in [1.29, 1.82) is 0 Å². The lowest BCUT2D eigenvalue weighted by Crippen LogP contribution is -2.52. The fourth-order valence-corrected chi connectivity index (χ4v) is 3.17. The van der Waals surface area contributed by atoms with Crippen LogP contribution in [0.3, 0.4) is 0 Å². The predicted molar refractivity (Wildman–Crippen MR) is 87.3 cm³/mol. The minimum Gasteiger partial charge on any atom is -0.337 e. The molecule has 0 radical (unpaired) electrons. The quantitative estimate of drug-likeness (QED) is 0.866. The molecule has 2 atom stereocenters. The Labute approximate surface area is 132 Å². The third kappa shape index (κ3) is 3.20. The highest BCUT2D eigenvalue weighted by Crippen LogP contribution is 2.23. The van der Waals surface area contributed by atoms with Gasteiger partial charge in [0.15, 0.2) is 0 Å². The summed E-state index contributed by atoms with van der Waals surface area (Å²) >= 11 is 0. The average Bonchev–Trinajstić information content (AvgIpc) is 2.94. The number of hydrogen-bond acceptors (Lipinski definition) is 4. The Bertz CT molecular complexity index is 594. The lowest BCUT2D eigenvalue weighted by molar-refractivity contribution is 0.0526. The molecule has 1 saturated heterocycles. The Hall–Kier alpha value is -1.72. The number of nitrogens with zero attached hydrogens (tertiary/aromatic N) is 5. The first-order chi connectivity index (χ1) is 10.6. The van der Waals surface area contributed by atoms with E-state index in [1.165, 1.54) is 5.56 Å². The van der Waals surface area contributed by atoms with Gasteiger partial charge in [-0.25, -0.2) is 4.98 Å². The number of imidazole rings is 1. The lowest BCUT2D eigenvalue weighted by atomic mass is 10.1. The highest BCUT2D eigenvalue weighted by molar-refractivity contribution is 5.13. The smallest absolute Gasteiger partial charge is 0.122 e. The van der Waals surface area contributed by atoms with Crippen LogP contribution in [0.1, 0.15) is 31.3 Å². The molecule has 2 aromatic rings. The van der Waals surface area contributed by atoms with Crippen molar-refractivity contribution in [2.24, 2.45) is 7.05 Å². The normalized spacial score (nSPS) is 21.9. The van der Waals surface area contributed by atoms with Crippen molar-refractivity contribution in [2.75, 3.05) is 19.6 Å². The average molecular weight is 299 g/mol. The van der Waals surface area contributed by atoms with Gasteiger partial charge in [-0.1, -0.05) is 6.07 Å². The molecule has 0 spiro atoms. The second kappa shape index (κ2) is 6.58. The van der Waals surface area contributed by atoms with Gasteiger partial charge in [0.05, 0.1) is 6.54 Å². The maximum Gasteiger partial charge on any atom is 0.122 e. The van der Waals surface area contributed by atoms with E-state index in [1.54, 1.807) is 0 Å². The summed E-state index contributed by atoms with van der Waals surface area (Å²) in [4.78, 5) is 13.8. The molecule has 1 aliphatic rings. The number of piperazine rings is 1. The van der Waals surface area contributed by atoms with Crippen LogP contribution in [0, 0.1) is 0 Å². The zero-order valence-corrected chi connectivity index (χ0v) is 13.7. The standard InChI is InChI=1S/C17H25N5/c1-14-12-22(15(2)16-5-4-6-18-11-16)10-9-21(14)13-17-19-7-8-20(17)3/h4-8,11,14-15H,9-10,12-13H2,1-3H3/t14-,15+/m1/s1. The van der Waals surface area contributed by atoms with Crippen molar-refractivity contribution in [3.05, 3.63) is 48.3 Å². The molecule has 2 aromatic heterocycles. The molecular weight excluding hydrogens is 274 g/mol. The fourth-order valence-electron chi connectivity index (χ4n) is 3.17. The van der Waals surface area contributed by atoms with Gasteiger partial charge in [0.25, 0.3) is 0 Å². The van der Waals surface area contributed by atoms with E-state index in [4.69, 9.17) is 0 Å². The van der Waals surface area contributed by atoms with Gasteiger partial charge in [-0.15, -0.1) is 0 Å². The van der Waals surface area contributed by atoms with Gasteiger partial charge in [-0.3, -0.25) is 14.8 Å². The van der Waals surface area contributed by atoms with Crippen LogP contribution in [-0.2, 0) is 13.6 Å². The molecule has 5 nitrogen and oxygen atoms in total. The zero-order chi connectivity index (χ0) is 15.5. The second-order valence-electron chi connectivity index (χ2n) is 6.23. The summed E-state index contributed by atoms with van der Waals surface area (Å²) in [5.74, 6) is 1.14. The van der Waals surface area contributed by atoms with Crippen LogP contribution in [-0.4, -0.2) is 50.0 Å². The molecule has 118 valence electrons. The summed E-state index contributed by atoms with van der Waals surface area (Å²) in [5.41, 5.74) is 1.30. The topological polar surface area (TPSA) is 37.2 Å². The van der Waals surface area contributed by atoms with Crippen molar-refractivity contribution in [1.82, 2.24) is 24.3 Å². The molecule has 22 heavy (non-hydrogen) atoms. The predicted octanol–water partition coefficient (Wildman–Crippen LogP) is 2.08. The van der Waals surface area contributed by atoms with Crippen molar-refractivity contribution in [2.45, 2.75) is 32.5 Å². The van der Waals surface area contributed by atoms with Crippen LogP contribution >= 0.6 is 0 Å². The Morgan fingerprint density at radius 1 is 1.32 bits per heavy atom. The van der Waals surface area contributed by atoms with E-state index in [2.05, 4.69) is 51.3 Å². The molecule has 3 rings (SSSR count). The highest BCUT2D eigenvalue weighted by atomic mass is 15.3. The van der Waals surface area contributed by atoms with Crippen molar-refractivity contribution in [3.63, 3.8) is 0 Å². The summed E-state index contributed by atoms with van der Waals surface area (Å²) in [5, 5.41) is 0. The van der Waals surface area contributed by atoms with Crippen LogP contribution in [0.5, 0.6) is 0 Å². The van der Waals surface area contributed by atoms with Gasteiger partial charge >= 0.3 is 0 Å². The molecule has 0 amide bonds. The molecule has 3 heterocycles. The maximum absolute atomic E-state index is 4.45. The van der Waals surface area contributed by atoms with Gasteiger partial charge < -0.3 is 4.57 Å². The van der Waals surface area contributed by atoms with E-state index in [1.807, 2.05) is 30.9 Å². The fraction of sp³-hybridized carbons (Fsp3) is 0.529. The molecule has 0 aliphatic carbocycles. The molecule has 0 N–H and O–H groups in total. The monoisotopic (exact) mass is 299 g/mol. The molecular formula is C17H25N5. The van der Waals surface area contributed by atoms with Crippen molar-refractivity contribution < 1.29 is 0 Å². The Balaban J connectivity index is 1.61. The number of aryl methyl sites for hydroxylation is 1. The summed E-state index contributed by atoms with van der Waals surface area (Å²) in [7, 11) is 2.06. The van der Waals surface area contributed by atoms with E-state index in [0.717, 1.165) is 32.0 Å².